The van der Waals surface area contributed by atoms with Gasteiger partial charge in [0, 0.05) is 45.3 Å². The van der Waals surface area contributed by atoms with E-state index in [4.69, 9.17) is 4.74 Å². The van der Waals surface area contributed by atoms with E-state index in [1.165, 1.54) is 0 Å². The number of piperazine rings is 1. The second-order valence-electron chi connectivity index (χ2n) is 5.00. The Balaban J connectivity index is 1.75. The molecule has 94 valence electrons. The van der Waals surface area contributed by atoms with Crippen LogP contribution in [-0.2, 0) is 4.74 Å². The van der Waals surface area contributed by atoms with E-state index < -0.39 is 0 Å². The topological polar surface area (TPSA) is 27.7 Å². The Hall–Kier alpha value is -0.160. The van der Waals surface area contributed by atoms with Crippen LogP contribution >= 0.6 is 0 Å². The SMILES string of the molecule is CCN1CCOC(CN2CCN[C@H](C)C2)C1. The summed E-state index contributed by atoms with van der Waals surface area (Å²) in [5.41, 5.74) is 0. The summed E-state index contributed by atoms with van der Waals surface area (Å²) in [6, 6.07) is 0.625. The Morgan fingerprint density at radius 2 is 2.12 bits per heavy atom. The molecule has 0 aromatic carbocycles. The van der Waals surface area contributed by atoms with E-state index in [9.17, 15) is 0 Å². The summed E-state index contributed by atoms with van der Waals surface area (Å²) in [4.78, 5) is 5.02. The molecule has 4 heteroatoms. The van der Waals surface area contributed by atoms with Crippen molar-refractivity contribution in [3.63, 3.8) is 0 Å². The van der Waals surface area contributed by atoms with E-state index in [0.29, 0.717) is 12.1 Å². The molecule has 1 N–H and O–H groups in total. The van der Waals surface area contributed by atoms with Crippen molar-refractivity contribution < 1.29 is 4.74 Å². The highest BCUT2D eigenvalue weighted by atomic mass is 16.5. The van der Waals surface area contributed by atoms with E-state index in [1.54, 1.807) is 0 Å². The molecule has 2 rings (SSSR count). The van der Waals surface area contributed by atoms with E-state index in [-0.39, 0.29) is 0 Å². The number of nitrogens with one attached hydrogen (secondary N) is 1. The Labute approximate surface area is 98.9 Å². The Morgan fingerprint density at radius 3 is 2.88 bits per heavy atom. The lowest BCUT2D eigenvalue weighted by atomic mass is 10.2. The molecule has 4 nitrogen and oxygen atoms in total. The highest BCUT2D eigenvalue weighted by Crippen LogP contribution is 2.08. The van der Waals surface area contributed by atoms with Gasteiger partial charge in [-0.1, -0.05) is 6.92 Å². The van der Waals surface area contributed by atoms with Crippen LogP contribution in [0.15, 0.2) is 0 Å². The van der Waals surface area contributed by atoms with Gasteiger partial charge in [0.25, 0.3) is 0 Å². The van der Waals surface area contributed by atoms with Crippen LogP contribution in [0.2, 0.25) is 0 Å². The lowest BCUT2D eigenvalue weighted by Gasteiger charge is -2.38. The van der Waals surface area contributed by atoms with Gasteiger partial charge < -0.3 is 10.1 Å². The smallest absolute Gasteiger partial charge is 0.0829 e. The van der Waals surface area contributed by atoms with Gasteiger partial charge in [0.2, 0.25) is 0 Å². The molecule has 1 unspecified atom stereocenters. The fourth-order valence-corrected chi connectivity index (χ4v) is 2.64. The van der Waals surface area contributed by atoms with Crippen LogP contribution in [0.1, 0.15) is 13.8 Å². The number of hydrogen-bond donors (Lipinski definition) is 1. The van der Waals surface area contributed by atoms with Crippen molar-refractivity contribution in [1.29, 1.82) is 0 Å². The van der Waals surface area contributed by atoms with Crippen LogP contribution in [0.4, 0.5) is 0 Å². The highest BCUT2D eigenvalue weighted by molar-refractivity contribution is 4.80. The number of hydrogen-bond acceptors (Lipinski definition) is 4. The second kappa shape index (κ2) is 5.96. The third-order valence-corrected chi connectivity index (χ3v) is 3.58. The maximum atomic E-state index is 5.84. The van der Waals surface area contributed by atoms with Gasteiger partial charge in [-0.25, -0.2) is 0 Å². The van der Waals surface area contributed by atoms with Crippen LogP contribution in [0.5, 0.6) is 0 Å². The molecule has 0 amide bonds. The van der Waals surface area contributed by atoms with E-state index in [0.717, 1.165) is 52.4 Å². The van der Waals surface area contributed by atoms with Gasteiger partial charge in [-0.05, 0) is 13.5 Å². The van der Waals surface area contributed by atoms with Gasteiger partial charge in [-0.3, -0.25) is 9.80 Å². The van der Waals surface area contributed by atoms with E-state index >= 15 is 0 Å². The second-order valence-corrected chi connectivity index (χ2v) is 5.00. The molecule has 2 heterocycles. The predicted molar refractivity (Wildman–Crippen MR) is 65.8 cm³/mol. The van der Waals surface area contributed by atoms with Crippen molar-refractivity contribution in [1.82, 2.24) is 15.1 Å². The quantitative estimate of drug-likeness (QED) is 0.734. The number of nitrogens with zero attached hydrogens (tertiary/aromatic N) is 2. The van der Waals surface area contributed by atoms with Crippen LogP contribution < -0.4 is 5.32 Å². The molecule has 0 saturated carbocycles. The standard InChI is InChI=1S/C12H25N3O/c1-3-14-6-7-16-12(9-14)10-15-5-4-13-11(2)8-15/h11-13H,3-10H2,1-2H3/t11-,12?/m1/s1. The minimum absolute atomic E-state index is 0.416. The van der Waals surface area contributed by atoms with Gasteiger partial charge in [0.15, 0.2) is 0 Å². The van der Waals surface area contributed by atoms with Gasteiger partial charge >= 0.3 is 0 Å². The number of likely N-dealkylation sites (N-methyl/N-ethyl adjacent to an activating group) is 1. The van der Waals surface area contributed by atoms with Crippen molar-refractivity contribution >= 4 is 0 Å². The van der Waals surface area contributed by atoms with E-state index in [1.807, 2.05) is 0 Å². The molecule has 2 saturated heterocycles. The Bertz CT molecular complexity index is 212. The van der Waals surface area contributed by atoms with Crippen LogP contribution in [0, 0.1) is 0 Å². The minimum atomic E-state index is 0.416. The Morgan fingerprint density at radius 1 is 1.25 bits per heavy atom. The average Bonchev–Trinajstić information content (AvgIpc) is 2.29. The lowest BCUT2D eigenvalue weighted by molar-refractivity contribution is -0.0443. The maximum absolute atomic E-state index is 5.84. The summed E-state index contributed by atoms with van der Waals surface area (Å²) in [5.74, 6) is 0. The van der Waals surface area contributed by atoms with Gasteiger partial charge in [0.05, 0.1) is 12.7 Å². The zero-order valence-corrected chi connectivity index (χ0v) is 10.6. The fourth-order valence-electron chi connectivity index (χ4n) is 2.64. The average molecular weight is 227 g/mol. The normalized spacial score (nSPS) is 34.1. The molecule has 2 aliphatic rings. The van der Waals surface area contributed by atoms with Crippen LogP contribution in [0.3, 0.4) is 0 Å². The first-order valence-corrected chi connectivity index (χ1v) is 6.57. The molecule has 2 fully saturated rings. The van der Waals surface area contributed by atoms with Gasteiger partial charge in [-0.2, -0.15) is 0 Å². The molecule has 0 aliphatic carbocycles. The molecule has 16 heavy (non-hydrogen) atoms. The molecule has 0 radical (unpaired) electrons. The first-order valence-electron chi connectivity index (χ1n) is 6.57. The summed E-state index contributed by atoms with van der Waals surface area (Å²) in [6.45, 7) is 13.3. The zero-order valence-electron chi connectivity index (χ0n) is 10.6. The van der Waals surface area contributed by atoms with Crippen LogP contribution in [0.25, 0.3) is 0 Å². The first kappa shape index (κ1) is 12.3. The van der Waals surface area contributed by atoms with Crippen LogP contribution in [-0.4, -0.2) is 74.4 Å². The zero-order chi connectivity index (χ0) is 11.4. The van der Waals surface area contributed by atoms with Gasteiger partial charge in [0.1, 0.15) is 0 Å². The molecule has 0 bridgehead atoms. The maximum Gasteiger partial charge on any atom is 0.0829 e. The molecule has 2 aliphatic heterocycles. The number of morpholine rings is 1. The monoisotopic (exact) mass is 227 g/mol. The third kappa shape index (κ3) is 3.42. The molecule has 0 spiro atoms. The summed E-state index contributed by atoms with van der Waals surface area (Å²) in [5, 5.41) is 3.48. The van der Waals surface area contributed by atoms with Crippen molar-refractivity contribution in [3.8, 4) is 0 Å². The summed E-state index contributed by atoms with van der Waals surface area (Å²) in [6.07, 6.45) is 0.416. The largest absolute Gasteiger partial charge is 0.374 e. The minimum Gasteiger partial charge on any atom is -0.374 e. The molecule has 0 aromatic heterocycles. The summed E-state index contributed by atoms with van der Waals surface area (Å²) in [7, 11) is 0. The van der Waals surface area contributed by atoms with E-state index in [2.05, 4.69) is 29.0 Å². The van der Waals surface area contributed by atoms with Gasteiger partial charge in [-0.15, -0.1) is 0 Å². The Kier molecular flexibility index (Phi) is 4.58. The van der Waals surface area contributed by atoms with Crippen molar-refractivity contribution in [2.24, 2.45) is 0 Å². The fraction of sp³-hybridized carbons (Fsp3) is 1.00. The predicted octanol–water partition coefficient (Wildman–Crippen LogP) is 0.000800. The van der Waals surface area contributed by atoms with Crippen molar-refractivity contribution in [3.05, 3.63) is 0 Å². The lowest BCUT2D eigenvalue weighted by Crippen LogP contribution is -2.54. The summed E-state index contributed by atoms with van der Waals surface area (Å²) < 4.78 is 5.84. The molecular weight excluding hydrogens is 202 g/mol. The molecular formula is C12H25N3O. The molecule has 2 atom stereocenters. The summed E-state index contributed by atoms with van der Waals surface area (Å²) >= 11 is 0. The first-order chi connectivity index (χ1) is 7.78. The third-order valence-electron chi connectivity index (χ3n) is 3.58. The number of ether oxygens (including phenoxy) is 1. The number of rotatable bonds is 3. The van der Waals surface area contributed by atoms with Crippen molar-refractivity contribution in [2.45, 2.75) is 26.0 Å². The highest BCUT2D eigenvalue weighted by Gasteiger charge is 2.23. The van der Waals surface area contributed by atoms with Crippen molar-refractivity contribution in [2.75, 3.05) is 52.4 Å². The molecule has 0 aromatic rings.